The second-order valence-corrected chi connectivity index (χ2v) is 4.55. The number of rotatable bonds is 6. The van der Waals surface area contributed by atoms with Crippen LogP contribution in [0, 0.1) is 0 Å². The van der Waals surface area contributed by atoms with Crippen LogP contribution < -0.4 is 20.7 Å². The molecule has 0 spiro atoms. The van der Waals surface area contributed by atoms with Crippen molar-refractivity contribution in [1.29, 1.82) is 0 Å². The molecule has 0 bridgehead atoms. The van der Waals surface area contributed by atoms with Gasteiger partial charge in [-0.05, 0) is 30.0 Å². The quantitative estimate of drug-likeness (QED) is 0.623. The smallest absolute Gasteiger partial charge is 0.330 e. The monoisotopic (exact) mass is 289 g/mol. The maximum Gasteiger partial charge on any atom is 0.330 e. The van der Waals surface area contributed by atoms with Crippen molar-refractivity contribution in [3.8, 4) is 17.8 Å². The summed E-state index contributed by atoms with van der Waals surface area (Å²) >= 11 is 0. The molecule has 0 aliphatic carbocycles. The third-order valence-corrected chi connectivity index (χ3v) is 3.18. The van der Waals surface area contributed by atoms with E-state index in [1.165, 1.54) is 12.7 Å². The molecule has 2 aromatic rings. The van der Waals surface area contributed by atoms with Crippen LogP contribution in [0.3, 0.4) is 0 Å². The van der Waals surface area contributed by atoms with E-state index < -0.39 is 0 Å². The minimum Gasteiger partial charge on any atom is -0.467 e. The number of nitrogen functional groups attached to an aromatic ring is 1. The van der Waals surface area contributed by atoms with Gasteiger partial charge in [-0.3, -0.25) is 5.43 Å². The second kappa shape index (κ2) is 6.85. The summed E-state index contributed by atoms with van der Waals surface area (Å²) in [5.41, 5.74) is 3.60. The lowest BCUT2D eigenvalue weighted by Crippen LogP contribution is -2.12. The summed E-state index contributed by atoms with van der Waals surface area (Å²) in [5, 5.41) is 0. The zero-order chi connectivity index (χ0) is 15.2. The number of hydrogen-bond acceptors (Lipinski definition) is 7. The molecule has 1 aromatic carbocycles. The van der Waals surface area contributed by atoms with Gasteiger partial charge in [-0.25, -0.2) is 5.84 Å². The van der Waals surface area contributed by atoms with E-state index in [9.17, 15) is 0 Å². The lowest BCUT2D eigenvalue weighted by molar-refractivity contribution is 0.360. The number of ether oxygens (including phenoxy) is 2. The van der Waals surface area contributed by atoms with Crippen LogP contribution in [0.1, 0.15) is 31.7 Å². The third kappa shape index (κ3) is 3.79. The Kier molecular flexibility index (Phi) is 4.89. The van der Waals surface area contributed by atoms with Crippen molar-refractivity contribution in [3.05, 3.63) is 29.8 Å². The predicted molar refractivity (Wildman–Crippen MR) is 79.4 cm³/mol. The summed E-state index contributed by atoms with van der Waals surface area (Å²) in [7, 11) is 1.46. The van der Waals surface area contributed by atoms with Gasteiger partial charge in [0.1, 0.15) is 5.75 Å². The number of nitrogens with zero attached hydrogens (tertiary/aromatic N) is 3. The van der Waals surface area contributed by atoms with Gasteiger partial charge in [-0.15, -0.1) is 4.98 Å². The maximum absolute atomic E-state index is 5.59. The molecule has 0 fully saturated rings. The number of nitrogens with one attached hydrogen (secondary N) is 1. The zero-order valence-electron chi connectivity index (χ0n) is 12.3. The summed E-state index contributed by atoms with van der Waals surface area (Å²) in [6.45, 7) is 4.35. The maximum atomic E-state index is 5.59. The van der Waals surface area contributed by atoms with Crippen LogP contribution in [0.2, 0.25) is 0 Å². The minimum absolute atomic E-state index is 0.117. The van der Waals surface area contributed by atoms with E-state index in [1.807, 2.05) is 24.3 Å². The lowest BCUT2D eigenvalue weighted by Gasteiger charge is -2.10. The fourth-order valence-electron chi connectivity index (χ4n) is 1.75. The first-order valence-electron chi connectivity index (χ1n) is 6.70. The second-order valence-electron chi connectivity index (χ2n) is 4.55. The molecule has 3 N–H and O–H groups in total. The summed E-state index contributed by atoms with van der Waals surface area (Å²) < 4.78 is 10.6. The highest BCUT2D eigenvalue weighted by molar-refractivity contribution is 5.32. The van der Waals surface area contributed by atoms with Crippen molar-refractivity contribution >= 4 is 5.95 Å². The highest BCUT2D eigenvalue weighted by Crippen LogP contribution is 2.24. The molecular weight excluding hydrogens is 270 g/mol. The lowest BCUT2D eigenvalue weighted by atomic mass is 9.99. The number of benzene rings is 1. The van der Waals surface area contributed by atoms with Crippen molar-refractivity contribution in [2.24, 2.45) is 5.84 Å². The van der Waals surface area contributed by atoms with E-state index in [2.05, 4.69) is 34.2 Å². The van der Waals surface area contributed by atoms with Gasteiger partial charge in [0.05, 0.1) is 7.11 Å². The van der Waals surface area contributed by atoms with Gasteiger partial charge >= 0.3 is 12.0 Å². The normalized spacial score (nSPS) is 11.8. The van der Waals surface area contributed by atoms with E-state index in [-0.39, 0.29) is 18.0 Å². The fourth-order valence-corrected chi connectivity index (χ4v) is 1.75. The van der Waals surface area contributed by atoms with Crippen LogP contribution in [0.25, 0.3) is 0 Å². The molecular formula is C14H19N5O2. The number of anilines is 1. The Balaban J connectivity index is 2.17. The van der Waals surface area contributed by atoms with Gasteiger partial charge < -0.3 is 9.47 Å². The molecule has 1 aromatic heterocycles. The largest absolute Gasteiger partial charge is 0.467 e. The average Bonchev–Trinajstić information content (AvgIpc) is 2.54. The van der Waals surface area contributed by atoms with Gasteiger partial charge in [-0.1, -0.05) is 26.0 Å². The standard InChI is InChI=1S/C14H19N5O2/c1-4-9(2)10-5-7-11(8-6-10)21-14-17-12(19-15)16-13(18-14)20-3/h5-9H,4,15H2,1-3H3,(H,16,17,18,19). The van der Waals surface area contributed by atoms with Crippen molar-refractivity contribution in [2.75, 3.05) is 12.5 Å². The number of nitrogens with two attached hydrogens (primary N) is 1. The zero-order valence-corrected chi connectivity index (χ0v) is 12.3. The Morgan fingerprint density at radius 3 is 2.38 bits per heavy atom. The number of hydrazine groups is 1. The molecule has 2 rings (SSSR count). The summed E-state index contributed by atoms with van der Waals surface area (Å²) in [6.07, 6.45) is 1.09. The topological polar surface area (TPSA) is 95.2 Å². The van der Waals surface area contributed by atoms with Crippen LogP contribution in [0.5, 0.6) is 17.8 Å². The first-order valence-corrected chi connectivity index (χ1v) is 6.70. The summed E-state index contributed by atoms with van der Waals surface area (Å²) in [6, 6.07) is 8.07. The van der Waals surface area contributed by atoms with E-state index in [1.54, 1.807) is 0 Å². The van der Waals surface area contributed by atoms with E-state index >= 15 is 0 Å². The predicted octanol–water partition coefficient (Wildman–Crippen LogP) is 2.47. The first kappa shape index (κ1) is 15.0. The van der Waals surface area contributed by atoms with Crippen LogP contribution >= 0.6 is 0 Å². The Morgan fingerprint density at radius 2 is 1.81 bits per heavy atom. The molecule has 0 saturated heterocycles. The van der Waals surface area contributed by atoms with Crippen LogP contribution in [0.4, 0.5) is 5.95 Å². The van der Waals surface area contributed by atoms with Gasteiger partial charge in [0.25, 0.3) is 0 Å². The minimum atomic E-state index is 0.117. The van der Waals surface area contributed by atoms with Gasteiger partial charge in [0, 0.05) is 0 Å². The third-order valence-electron chi connectivity index (χ3n) is 3.18. The van der Waals surface area contributed by atoms with E-state index in [0.29, 0.717) is 11.7 Å². The molecule has 0 radical (unpaired) electrons. The Bertz CT molecular complexity index is 566. The van der Waals surface area contributed by atoms with Gasteiger partial charge in [0.2, 0.25) is 5.95 Å². The Morgan fingerprint density at radius 1 is 1.14 bits per heavy atom. The molecule has 7 heteroatoms. The molecule has 0 amide bonds. The van der Waals surface area contributed by atoms with E-state index in [0.717, 1.165) is 6.42 Å². The molecule has 0 aliphatic rings. The molecule has 1 heterocycles. The van der Waals surface area contributed by atoms with Crippen molar-refractivity contribution in [1.82, 2.24) is 15.0 Å². The molecule has 21 heavy (non-hydrogen) atoms. The Hall–Kier alpha value is -2.41. The Labute approximate surface area is 123 Å². The van der Waals surface area contributed by atoms with Crippen molar-refractivity contribution in [2.45, 2.75) is 26.2 Å². The molecule has 0 saturated carbocycles. The van der Waals surface area contributed by atoms with Crippen molar-refractivity contribution < 1.29 is 9.47 Å². The highest BCUT2D eigenvalue weighted by Gasteiger charge is 2.09. The number of methoxy groups -OCH3 is 1. The molecule has 0 aliphatic heterocycles. The van der Waals surface area contributed by atoms with Crippen LogP contribution in [-0.4, -0.2) is 22.1 Å². The van der Waals surface area contributed by atoms with Crippen LogP contribution in [0.15, 0.2) is 24.3 Å². The summed E-state index contributed by atoms with van der Waals surface area (Å²) in [4.78, 5) is 11.9. The molecule has 1 unspecified atom stereocenters. The van der Waals surface area contributed by atoms with Gasteiger partial charge in [0.15, 0.2) is 0 Å². The average molecular weight is 289 g/mol. The summed E-state index contributed by atoms with van der Waals surface area (Å²) in [5.74, 6) is 6.62. The highest BCUT2D eigenvalue weighted by atomic mass is 16.5. The molecule has 112 valence electrons. The number of hydrogen-bond donors (Lipinski definition) is 2. The molecule has 1 atom stereocenters. The van der Waals surface area contributed by atoms with Crippen molar-refractivity contribution in [3.63, 3.8) is 0 Å². The van der Waals surface area contributed by atoms with Gasteiger partial charge in [-0.2, -0.15) is 9.97 Å². The SMILES string of the molecule is CCC(C)c1ccc(Oc2nc(NN)nc(OC)n2)cc1. The molecule has 7 nitrogen and oxygen atoms in total. The van der Waals surface area contributed by atoms with Crippen LogP contribution in [-0.2, 0) is 0 Å². The number of aromatic nitrogens is 3. The fraction of sp³-hybridized carbons (Fsp3) is 0.357. The first-order chi connectivity index (χ1) is 10.2. The van der Waals surface area contributed by atoms with E-state index in [4.69, 9.17) is 15.3 Å².